The third-order valence-corrected chi connectivity index (χ3v) is 4.32. The van der Waals surface area contributed by atoms with Gasteiger partial charge in [0.15, 0.2) is 0 Å². The third-order valence-electron chi connectivity index (χ3n) is 3.83. The van der Waals surface area contributed by atoms with Gasteiger partial charge in [0.05, 0.1) is 0 Å². The topological polar surface area (TPSA) is 49.3 Å². The Morgan fingerprint density at radius 1 is 1.32 bits per heavy atom. The van der Waals surface area contributed by atoms with Crippen LogP contribution in [0.1, 0.15) is 31.2 Å². The molecule has 2 rings (SSSR count). The fraction of sp³-hybridized carbons (Fsp3) is 0.533. The summed E-state index contributed by atoms with van der Waals surface area (Å²) in [4.78, 5) is 12.1. The summed E-state index contributed by atoms with van der Waals surface area (Å²) in [6, 6.07) is 7.97. The summed E-state index contributed by atoms with van der Waals surface area (Å²) in [6.07, 6.45) is 3.72. The number of halogens is 1. The van der Waals surface area contributed by atoms with E-state index in [-0.39, 0.29) is 18.4 Å². The third kappa shape index (κ3) is 4.32. The predicted octanol–water partition coefficient (Wildman–Crippen LogP) is 2.86. The number of aliphatic hydroxyl groups is 1. The number of benzene rings is 1. The van der Waals surface area contributed by atoms with Gasteiger partial charge in [-0.25, -0.2) is 0 Å². The van der Waals surface area contributed by atoms with Crippen molar-refractivity contribution in [3.8, 4) is 0 Å². The lowest BCUT2D eigenvalue weighted by Crippen LogP contribution is -2.33. The summed E-state index contributed by atoms with van der Waals surface area (Å²) < 4.78 is 1.03. The van der Waals surface area contributed by atoms with E-state index in [2.05, 4.69) is 21.2 Å². The molecule has 1 aliphatic carbocycles. The molecule has 1 fully saturated rings. The minimum Gasteiger partial charge on any atom is -0.396 e. The van der Waals surface area contributed by atoms with E-state index in [0.29, 0.717) is 12.5 Å². The Morgan fingerprint density at radius 2 is 2.05 bits per heavy atom. The number of rotatable bonds is 4. The van der Waals surface area contributed by atoms with Crippen LogP contribution in [0.4, 0.5) is 0 Å². The smallest absolute Gasteiger partial charge is 0.223 e. The zero-order valence-electron chi connectivity index (χ0n) is 10.9. The quantitative estimate of drug-likeness (QED) is 0.894. The second-order valence-corrected chi connectivity index (χ2v) is 6.16. The van der Waals surface area contributed by atoms with Gasteiger partial charge in [0.1, 0.15) is 0 Å². The van der Waals surface area contributed by atoms with E-state index in [1.165, 1.54) is 0 Å². The van der Waals surface area contributed by atoms with Gasteiger partial charge in [0.2, 0.25) is 5.91 Å². The Bertz CT molecular complexity index is 428. The first kappa shape index (κ1) is 14.5. The van der Waals surface area contributed by atoms with Gasteiger partial charge in [-0.3, -0.25) is 4.79 Å². The molecule has 104 valence electrons. The molecular weight excluding hydrogens is 306 g/mol. The van der Waals surface area contributed by atoms with Gasteiger partial charge >= 0.3 is 0 Å². The highest BCUT2D eigenvalue weighted by Crippen LogP contribution is 2.28. The van der Waals surface area contributed by atoms with Crippen LogP contribution in [0.15, 0.2) is 28.7 Å². The Labute approximate surface area is 122 Å². The molecule has 1 aliphatic rings. The van der Waals surface area contributed by atoms with Crippen LogP contribution in [0.25, 0.3) is 0 Å². The molecule has 0 atom stereocenters. The molecule has 1 saturated carbocycles. The fourth-order valence-corrected chi connectivity index (χ4v) is 3.03. The van der Waals surface area contributed by atoms with Gasteiger partial charge < -0.3 is 10.4 Å². The van der Waals surface area contributed by atoms with Gasteiger partial charge in [-0.05, 0) is 49.3 Å². The van der Waals surface area contributed by atoms with Crippen molar-refractivity contribution in [3.05, 3.63) is 34.3 Å². The van der Waals surface area contributed by atoms with E-state index in [1.807, 2.05) is 24.3 Å². The molecular formula is C15H20BrNO2. The van der Waals surface area contributed by atoms with Crippen molar-refractivity contribution in [3.63, 3.8) is 0 Å². The number of carbonyl (C=O) groups excluding carboxylic acids is 1. The molecule has 1 aromatic carbocycles. The fourth-order valence-electron chi connectivity index (χ4n) is 2.59. The van der Waals surface area contributed by atoms with Crippen LogP contribution in [0, 0.1) is 11.8 Å². The van der Waals surface area contributed by atoms with Gasteiger partial charge in [0.25, 0.3) is 0 Å². The zero-order chi connectivity index (χ0) is 13.7. The highest BCUT2D eigenvalue weighted by molar-refractivity contribution is 9.10. The average molecular weight is 326 g/mol. The van der Waals surface area contributed by atoms with Crippen molar-refractivity contribution in [2.45, 2.75) is 32.2 Å². The molecule has 0 aliphatic heterocycles. The molecule has 0 radical (unpaired) electrons. The molecule has 1 amide bonds. The monoisotopic (exact) mass is 325 g/mol. The average Bonchev–Trinajstić information content (AvgIpc) is 2.45. The Morgan fingerprint density at radius 3 is 2.68 bits per heavy atom. The molecule has 0 bridgehead atoms. The van der Waals surface area contributed by atoms with Crippen LogP contribution < -0.4 is 5.32 Å². The SMILES string of the molecule is O=C(NCc1cccc(Br)c1)C1CCC(CO)CC1. The molecule has 0 saturated heterocycles. The second kappa shape index (κ2) is 7.06. The van der Waals surface area contributed by atoms with Crippen LogP contribution in [0.2, 0.25) is 0 Å². The van der Waals surface area contributed by atoms with Gasteiger partial charge in [-0.1, -0.05) is 28.1 Å². The first-order valence-electron chi connectivity index (χ1n) is 6.82. The van der Waals surface area contributed by atoms with Crippen LogP contribution in [-0.4, -0.2) is 17.6 Å². The van der Waals surface area contributed by atoms with Crippen molar-refractivity contribution in [1.82, 2.24) is 5.32 Å². The van der Waals surface area contributed by atoms with E-state index >= 15 is 0 Å². The molecule has 0 aromatic heterocycles. The first-order valence-corrected chi connectivity index (χ1v) is 7.61. The summed E-state index contributed by atoms with van der Waals surface area (Å²) >= 11 is 3.42. The first-order chi connectivity index (χ1) is 9.19. The highest BCUT2D eigenvalue weighted by Gasteiger charge is 2.25. The minimum atomic E-state index is 0.120. The van der Waals surface area contributed by atoms with E-state index in [1.54, 1.807) is 0 Å². The maximum Gasteiger partial charge on any atom is 0.223 e. The van der Waals surface area contributed by atoms with Crippen molar-refractivity contribution in [2.24, 2.45) is 11.8 Å². The van der Waals surface area contributed by atoms with Crippen molar-refractivity contribution < 1.29 is 9.90 Å². The second-order valence-electron chi connectivity index (χ2n) is 5.25. The molecule has 4 heteroatoms. The lowest BCUT2D eigenvalue weighted by atomic mass is 9.82. The molecule has 19 heavy (non-hydrogen) atoms. The summed E-state index contributed by atoms with van der Waals surface area (Å²) in [5, 5.41) is 12.1. The highest BCUT2D eigenvalue weighted by atomic mass is 79.9. The molecule has 0 heterocycles. The number of aliphatic hydroxyl groups excluding tert-OH is 1. The normalized spacial score (nSPS) is 23.1. The number of amides is 1. The maximum absolute atomic E-state index is 12.1. The van der Waals surface area contributed by atoms with Gasteiger partial charge in [-0.2, -0.15) is 0 Å². The minimum absolute atomic E-state index is 0.120. The molecule has 1 aromatic rings. The molecule has 0 spiro atoms. The predicted molar refractivity (Wildman–Crippen MR) is 78.5 cm³/mol. The van der Waals surface area contributed by atoms with Crippen molar-refractivity contribution in [2.75, 3.05) is 6.61 Å². The van der Waals surface area contributed by atoms with Crippen LogP contribution in [0.5, 0.6) is 0 Å². The summed E-state index contributed by atoms with van der Waals surface area (Å²) in [7, 11) is 0. The van der Waals surface area contributed by atoms with E-state index < -0.39 is 0 Å². The van der Waals surface area contributed by atoms with Gasteiger partial charge in [0, 0.05) is 23.5 Å². The van der Waals surface area contributed by atoms with Gasteiger partial charge in [-0.15, -0.1) is 0 Å². The van der Waals surface area contributed by atoms with Crippen LogP contribution >= 0.6 is 15.9 Å². The van der Waals surface area contributed by atoms with Crippen molar-refractivity contribution in [1.29, 1.82) is 0 Å². The number of nitrogens with one attached hydrogen (secondary N) is 1. The van der Waals surface area contributed by atoms with Crippen LogP contribution in [0.3, 0.4) is 0 Å². The Kier molecular flexibility index (Phi) is 5.40. The number of carbonyl (C=O) groups is 1. The summed E-state index contributed by atoms with van der Waals surface area (Å²) in [6.45, 7) is 0.838. The van der Waals surface area contributed by atoms with Crippen LogP contribution in [-0.2, 0) is 11.3 Å². The van der Waals surface area contributed by atoms with E-state index in [0.717, 1.165) is 35.7 Å². The summed E-state index contributed by atoms with van der Waals surface area (Å²) in [5.74, 6) is 0.667. The largest absolute Gasteiger partial charge is 0.396 e. The lowest BCUT2D eigenvalue weighted by Gasteiger charge is -2.26. The Balaban J connectivity index is 1.79. The van der Waals surface area contributed by atoms with Crippen molar-refractivity contribution >= 4 is 21.8 Å². The number of hydrogen-bond acceptors (Lipinski definition) is 2. The molecule has 2 N–H and O–H groups in total. The van der Waals surface area contributed by atoms with E-state index in [9.17, 15) is 4.79 Å². The zero-order valence-corrected chi connectivity index (χ0v) is 12.5. The Hall–Kier alpha value is -0.870. The summed E-state index contributed by atoms with van der Waals surface area (Å²) in [5.41, 5.74) is 1.10. The molecule has 0 unspecified atom stereocenters. The maximum atomic E-state index is 12.1. The lowest BCUT2D eigenvalue weighted by molar-refractivity contribution is -0.126. The standard InChI is InChI=1S/C15H20BrNO2/c16-14-3-1-2-12(8-14)9-17-15(19)13-6-4-11(10-18)5-7-13/h1-3,8,11,13,18H,4-7,9-10H2,(H,17,19). The van der Waals surface area contributed by atoms with E-state index in [4.69, 9.17) is 5.11 Å². The number of hydrogen-bond donors (Lipinski definition) is 2. The molecule has 3 nitrogen and oxygen atoms in total.